The number of hydrogen-bond acceptors (Lipinski definition) is 3. The quantitative estimate of drug-likeness (QED) is 0.732. The summed E-state index contributed by atoms with van der Waals surface area (Å²) in [4.78, 5) is 6.28. The van der Waals surface area contributed by atoms with E-state index < -0.39 is 0 Å². The van der Waals surface area contributed by atoms with Crippen molar-refractivity contribution in [1.29, 1.82) is 0 Å². The number of nitrogens with zero attached hydrogens (tertiary/aromatic N) is 2. The van der Waals surface area contributed by atoms with E-state index in [2.05, 4.69) is 16.9 Å². The Morgan fingerprint density at radius 3 is 2.71 bits per heavy atom. The standard InChI is InChI=1S/C17H21ClN2O/c1-20(11-8-14-6-9-19-10-7-14)13-17(18)15-4-3-5-16(12-15)21-2/h3-7,9-10,12,17H,8,11,13H2,1-2H3. The van der Waals surface area contributed by atoms with Crippen LogP contribution in [0.25, 0.3) is 0 Å². The molecule has 0 N–H and O–H groups in total. The minimum absolute atomic E-state index is 0.0393. The van der Waals surface area contributed by atoms with Crippen molar-refractivity contribution in [3.63, 3.8) is 0 Å². The lowest BCUT2D eigenvalue weighted by Crippen LogP contribution is -2.25. The molecule has 0 aliphatic heterocycles. The van der Waals surface area contributed by atoms with Gasteiger partial charge in [0.05, 0.1) is 12.5 Å². The molecule has 0 bridgehead atoms. The second-order valence-electron chi connectivity index (χ2n) is 5.11. The number of ether oxygens (including phenoxy) is 1. The Morgan fingerprint density at radius 1 is 1.24 bits per heavy atom. The third-order valence-corrected chi connectivity index (χ3v) is 3.85. The van der Waals surface area contributed by atoms with Crippen LogP contribution in [0.1, 0.15) is 16.5 Å². The molecule has 0 spiro atoms. The highest BCUT2D eigenvalue weighted by Crippen LogP contribution is 2.24. The zero-order chi connectivity index (χ0) is 15.1. The Labute approximate surface area is 131 Å². The van der Waals surface area contributed by atoms with Gasteiger partial charge in [-0.05, 0) is 48.9 Å². The molecule has 2 aromatic rings. The summed E-state index contributed by atoms with van der Waals surface area (Å²) in [5, 5.41) is -0.0393. The lowest BCUT2D eigenvalue weighted by molar-refractivity contribution is 0.338. The molecule has 3 nitrogen and oxygen atoms in total. The van der Waals surface area contributed by atoms with Crippen molar-refractivity contribution in [3.8, 4) is 5.75 Å². The number of likely N-dealkylation sites (N-methyl/N-ethyl adjacent to an activating group) is 1. The van der Waals surface area contributed by atoms with E-state index in [-0.39, 0.29) is 5.38 Å². The molecule has 0 amide bonds. The van der Waals surface area contributed by atoms with Gasteiger partial charge in [0.25, 0.3) is 0 Å². The van der Waals surface area contributed by atoms with Gasteiger partial charge in [-0.1, -0.05) is 12.1 Å². The molecule has 1 unspecified atom stereocenters. The minimum atomic E-state index is -0.0393. The van der Waals surface area contributed by atoms with Gasteiger partial charge in [-0.3, -0.25) is 4.98 Å². The van der Waals surface area contributed by atoms with Crippen LogP contribution in [-0.4, -0.2) is 37.1 Å². The van der Waals surface area contributed by atoms with Crippen LogP contribution in [0.5, 0.6) is 5.75 Å². The summed E-state index contributed by atoms with van der Waals surface area (Å²) >= 11 is 6.50. The molecule has 1 heterocycles. The number of methoxy groups -OCH3 is 1. The van der Waals surface area contributed by atoms with Crippen LogP contribution < -0.4 is 4.74 Å². The fourth-order valence-corrected chi connectivity index (χ4v) is 2.55. The molecule has 0 saturated carbocycles. The van der Waals surface area contributed by atoms with Crippen molar-refractivity contribution in [1.82, 2.24) is 9.88 Å². The zero-order valence-electron chi connectivity index (χ0n) is 12.5. The summed E-state index contributed by atoms with van der Waals surface area (Å²) in [5.41, 5.74) is 2.39. The van der Waals surface area contributed by atoms with E-state index in [0.717, 1.165) is 30.8 Å². The summed E-state index contributed by atoms with van der Waals surface area (Å²) in [6.45, 7) is 1.77. The topological polar surface area (TPSA) is 25.4 Å². The van der Waals surface area contributed by atoms with E-state index in [1.54, 1.807) is 7.11 Å². The number of pyridine rings is 1. The van der Waals surface area contributed by atoms with Crippen molar-refractivity contribution in [2.45, 2.75) is 11.8 Å². The molecule has 112 valence electrons. The number of halogens is 1. The third-order valence-electron chi connectivity index (χ3n) is 3.46. The Kier molecular flexibility index (Phi) is 6.03. The van der Waals surface area contributed by atoms with E-state index in [9.17, 15) is 0 Å². The van der Waals surface area contributed by atoms with Crippen molar-refractivity contribution >= 4 is 11.6 Å². The lowest BCUT2D eigenvalue weighted by atomic mass is 10.1. The summed E-state index contributed by atoms with van der Waals surface area (Å²) < 4.78 is 5.24. The van der Waals surface area contributed by atoms with Gasteiger partial charge in [-0.25, -0.2) is 0 Å². The maximum atomic E-state index is 6.50. The van der Waals surface area contributed by atoms with Crippen molar-refractivity contribution in [2.24, 2.45) is 0 Å². The first-order chi connectivity index (χ1) is 10.2. The van der Waals surface area contributed by atoms with Gasteiger partial charge in [0, 0.05) is 25.5 Å². The largest absolute Gasteiger partial charge is 0.497 e. The molecule has 1 atom stereocenters. The van der Waals surface area contributed by atoms with Crippen LogP contribution in [-0.2, 0) is 6.42 Å². The van der Waals surface area contributed by atoms with Crippen LogP contribution >= 0.6 is 11.6 Å². The van der Waals surface area contributed by atoms with Gasteiger partial charge >= 0.3 is 0 Å². The normalized spacial score (nSPS) is 12.4. The number of alkyl halides is 1. The van der Waals surface area contributed by atoms with E-state index in [1.807, 2.05) is 48.8 Å². The highest BCUT2D eigenvalue weighted by Gasteiger charge is 2.11. The molecule has 4 heteroatoms. The van der Waals surface area contributed by atoms with Crippen LogP contribution in [0.4, 0.5) is 0 Å². The summed E-state index contributed by atoms with van der Waals surface area (Å²) in [5.74, 6) is 0.845. The molecule has 21 heavy (non-hydrogen) atoms. The van der Waals surface area contributed by atoms with Crippen molar-refractivity contribution in [3.05, 3.63) is 59.9 Å². The molecule has 0 radical (unpaired) electrons. The molecule has 0 aliphatic rings. The van der Waals surface area contributed by atoms with Gasteiger partial charge < -0.3 is 9.64 Å². The molecule has 1 aromatic carbocycles. The second kappa shape index (κ2) is 8.01. The SMILES string of the molecule is COc1cccc(C(Cl)CN(C)CCc2ccncc2)c1. The van der Waals surface area contributed by atoms with Crippen molar-refractivity contribution < 1.29 is 4.74 Å². The first kappa shape index (κ1) is 15.8. The van der Waals surface area contributed by atoms with Crippen LogP contribution in [0.15, 0.2) is 48.8 Å². The van der Waals surface area contributed by atoms with Gasteiger partial charge in [-0.2, -0.15) is 0 Å². The molecule has 0 saturated heterocycles. The van der Waals surface area contributed by atoms with E-state index in [0.29, 0.717) is 0 Å². The number of aromatic nitrogens is 1. The number of benzene rings is 1. The van der Waals surface area contributed by atoms with Crippen LogP contribution in [0.3, 0.4) is 0 Å². The monoisotopic (exact) mass is 304 g/mol. The maximum Gasteiger partial charge on any atom is 0.119 e. The molecule has 0 fully saturated rings. The fraction of sp³-hybridized carbons (Fsp3) is 0.353. The molecule has 2 rings (SSSR count). The predicted molar refractivity (Wildman–Crippen MR) is 87.0 cm³/mol. The first-order valence-electron chi connectivity index (χ1n) is 7.04. The third kappa shape index (κ3) is 5.03. The molecule has 1 aromatic heterocycles. The van der Waals surface area contributed by atoms with Crippen LogP contribution in [0.2, 0.25) is 0 Å². The predicted octanol–water partition coefficient (Wildman–Crippen LogP) is 3.54. The first-order valence-corrected chi connectivity index (χ1v) is 7.48. The highest BCUT2D eigenvalue weighted by molar-refractivity contribution is 6.21. The fourth-order valence-electron chi connectivity index (χ4n) is 2.18. The number of hydrogen-bond donors (Lipinski definition) is 0. The Balaban J connectivity index is 1.85. The lowest BCUT2D eigenvalue weighted by Gasteiger charge is -2.20. The summed E-state index contributed by atoms with van der Waals surface area (Å²) in [7, 11) is 3.76. The Bertz CT molecular complexity index is 547. The van der Waals surface area contributed by atoms with E-state index in [4.69, 9.17) is 16.3 Å². The van der Waals surface area contributed by atoms with Gasteiger partial charge in [0.15, 0.2) is 0 Å². The van der Waals surface area contributed by atoms with Gasteiger partial charge in [-0.15, -0.1) is 11.6 Å². The molecular formula is C17H21ClN2O. The van der Waals surface area contributed by atoms with Gasteiger partial charge in [0.2, 0.25) is 0 Å². The number of rotatable bonds is 7. The second-order valence-corrected chi connectivity index (χ2v) is 5.64. The zero-order valence-corrected chi connectivity index (χ0v) is 13.3. The Hall–Kier alpha value is -1.58. The minimum Gasteiger partial charge on any atom is -0.497 e. The average molecular weight is 305 g/mol. The summed E-state index contributed by atoms with van der Waals surface area (Å²) in [6, 6.07) is 12.0. The van der Waals surface area contributed by atoms with Crippen LogP contribution in [0, 0.1) is 0 Å². The summed E-state index contributed by atoms with van der Waals surface area (Å²) in [6.07, 6.45) is 4.66. The smallest absolute Gasteiger partial charge is 0.119 e. The van der Waals surface area contributed by atoms with Crippen molar-refractivity contribution in [2.75, 3.05) is 27.2 Å². The molecular weight excluding hydrogens is 284 g/mol. The van der Waals surface area contributed by atoms with Gasteiger partial charge in [0.1, 0.15) is 5.75 Å². The molecule has 0 aliphatic carbocycles. The Morgan fingerprint density at radius 2 is 2.00 bits per heavy atom. The average Bonchev–Trinajstić information content (AvgIpc) is 2.54. The van der Waals surface area contributed by atoms with E-state index in [1.165, 1.54) is 5.56 Å². The van der Waals surface area contributed by atoms with E-state index >= 15 is 0 Å². The highest BCUT2D eigenvalue weighted by atomic mass is 35.5. The maximum absolute atomic E-state index is 6.50.